The highest BCUT2D eigenvalue weighted by Crippen LogP contribution is 2.33. The maximum Gasteiger partial charge on any atom is 0.315 e. The number of unbranched alkanes of at least 4 members (excludes halogenated alkanes) is 1. The Balaban J connectivity index is 1.28. The lowest BCUT2D eigenvalue weighted by Crippen LogP contribution is -2.36. The smallest absolute Gasteiger partial charge is 0.315 e. The van der Waals surface area contributed by atoms with Crippen LogP contribution in [0.1, 0.15) is 44.0 Å². The summed E-state index contributed by atoms with van der Waals surface area (Å²) >= 11 is 3.71. The van der Waals surface area contributed by atoms with Crippen molar-refractivity contribution >= 4 is 46.5 Å². The molecule has 0 bridgehead atoms. The van der Waals surface area contributed by atoms with Gasteiger partial charge < -0.3 is 20.5 Å². The fraction of sp³-hybridized carbons (Fsp3) is 0.591. The van der Waals surface area contributed by atoms with Crippen LogP contribution in [0.3, 0.4) is 0 Å². The number of imidazole rings is 1. The molecule has 168 valence electrons. The molecule has 2 aliphatic rings. The molecule has 4 rings (SSSR count). The van der Waals surface area contributed by atoms with E-state index >= 15 is 0 Å². The van der Waals surface area contributed by atoms with E-state index in [0.29, 0.717) is 11.7 Å². The van der Waals surface area contributed by atoms with Crippen LogP contribution in [0.25, 0.3) is 11.0 Å². The summed E-state index contributed by atoms with van der Waals surface area (Å²) in [5.74, 6) is 2.95. The van der Waals surface area contributed by atoms with Gasteiger partial charge in [0.05, 0.1) is 29.2 Å². The lowest BCUT2D eigenvalue weighted by Gasteiger charge is -2.19. The Hall–Kier alpha value is -1.87. The number of rotatable bonds is 10. The minimum Gasteiger partial charge on any atom is -0.346 e. The highest BCUT2D eigenvalue weighted by Gasteiger charge is 2.42. The van der Waals surface area contributed by atoms with Crippen LogP contribution in [-0.4, -0.2) is 56.6 Å². The number of thioether (sulfide) groups is 2. The van der Waals surface area contributed by atoms with Crippen LogP contribution in [0.5, 0.6) is 0 Å². The first-order valence-corrected chi connectivity index (χ1v) is 13.4. The zero-order valence-corrected chi connectivity index (χ0v) is 19.7. The largest absolute Gasteiger partial charge is 0.346 e. The van der Waals surface area contributed by atoms with Gasteiger partial charge in [-0.25, -0.2) is 9.78 Å². The molecule has 3 heterocycles. The van der Waals surface area contributed by atoms with Gasteiger partial charge in [-0.05, 0) is 43.4 Å². The van der Waals surface area contributed by atoms with Crippen molar-refractivity contribution in [3.8, 4) is 0 Å². The zero-order chi connectivity index (χ0) is 21.8. The van der Waals surface area contributed by atoms with Gasteiger partial charge in [0.15, 0.2) is 0 Å². The number of nitrogens with one attached hydrogen (secondary N) is 3. The van der Waals surface area contributed by atoms with Crippen molar-refractivity contribution < 1.29 is 9.59 Å². The number of carbonyl (C=O) groups is 2. The van der Waals surface area contributed by atoms with Crippen molar-refractivity contribution in [1.29, 1.82) is 0 Å². The van der Waals surface area contributed by atoms with E-state index in [4.69, 9.17) is 4.98 Å². The van der Waals surface area contributed by atoms with E-state index in [1.54, 1.807) is 11.8 Å². The van der Waals surface area contributed by atoms with Gasteiger partial charge in [0.2, 0.25) is 5.91 Å². The summed E-state index contributed by atoms with van der Waals surface area (Å²) < 4.78 is 2.10. The number of nitrogens with zero attached hydrogens (tertiary/aromatic N) is 2. The summed E-state index contributed by atoms with van der Waals surface area (Å²) in [5.41, 5.74) is 2.05. The Labute approximate surface area is 191 Å². The van der Waals surface area contributed by atoms with E-state index < -0.39 is 0 Å². The highest BCUT2D eigenvalue weighted by molar-refractivity contribution is 8.00. The molecular weight excluding hydrogens is 430 g/mol. The molecule has 2 saturated heterocycles. The Morgan fingerprint density at radius 1 is 1.35 bits per heavy atom. The molecule has 31 heavy (non-hydrogen) atoms. The number of urea groups is 1. The predicted molar refractivity (Wildman–Crippen MR) is 129 cm³/mol. The molecule has 0 radical (unpaired) electrons. The van der Waals surface area contributed by atoms with Gasteiger partial charge >= 0.3 is 6.03 Å². The molecule has 4 atom stereocenters. The second kappa shape index (κ2) is 10.2. The summed E-state index contributed by atoms with van der Waals surface area (Å²) in [6.45, 7) is 0. The number of aromatic nitrogens is 2. The van der Waals surface area contributed by atoms with Gasteiger partial charge in [-0.2, -0.15) is 23.5 Å². The van der Waals surface area contributed by atoms with E-state index in [2.05, 4.69) is 32.8 Å². The Morgan fingerprint density at radius 3 is 3.00 bits per heavy atom. The molecule has 0 aliphatic carbocycles. The normalized spacial score (nSPS) is 23.4. The number of hydrogen-bond donors (Lipinski definition) is 3. The van der Waals surface area contributed by atoms with E-state index in [9.17, 15) is 9.59 Å². The van der Waals surface area contributed by atoms with Gasteiger partial charge in [0, 0.05) is 24.5 Å². The third-order valence-electron chi connectivity index (χ3n) is 6.16. The number of amides is 3. The number of aryl methyl sites for hydroxylation is 1. The minimum atomic E-state index is -0.0803. The molecule has 2 aliphatic heterocycles. The molecule has 1 aromatic carbocycles. The lowest BCUT2D eigenvalue weighted by molar-refractivity contribution is -0.122. The molecular formula is C22H31N5O2S2. The summed E-state index contributed by atoms with van der Waals surface area (Å²) in [5, 5.41) is 9.69. The lowest BCUT2D eigenvalue weighted by atomic mass is 10.0. The van der Waals surface area contributed by atoms with Crippen LogP contribution >= 0.6 is 23.5 Å². The maximum absolute atomic E-state index is 12.7. The van der Waals surface area contributed by atoms with Crippen molar-refractivity contribution in [2.75, 3.05) is 17.8 Å². The summed E-state index contributed by atoms with van der Waals surface area (Å²) in [6, 6.07) is 8.46. The van der Waals surface area contributed by atoms with Crippen LogP contribution in [0, 0.1) is 0 Å². The molecule has 0 saturated carbocycles. The zero-order valence-electron chi connectivity index (χ0n) is 18.1. The van der Waals surface area contributed by atoms with Gasteiger partial charge in [-0.3, -0.25) is 4.79 Å². The first kappa shape index (κ1) is 22.3. The Bertz CT molecular complexity index is 934. The van der Waals surface area contributed by atoms with Crippen molar-refractivity contribution in [2.24, 2.45) is 7.05 Å². The van der Waals surface area contributed by atoms with Crippen molar-refractivity contribution in [3.63, 3.8) is 0 Å². The number of hydrogen-bond acceptors (Lipinski definition) is 5. The number of fused-ring (bicyclic) bond motifs is 2. The standard InChI is InChI=1S/C22H31N5O2S2/c1-27-17-8-4-3-7-14(17)24-21(27)15(11-12-30-2)23-19(28)10-6-5-9-18-20-16(13-31-18)25-22(29)26-20/h3-4,7-8,15-16,18,20H,5-6,9-13H2,1-2H3,(H,23,28)(H2,25,26,29). The van der Waals surface area contributed by atoms with E-state index in [1.807, 2.05) is 37.0 Å². The Kier molecular flexibility index (Phi) is 7.32. The topological polar surface area (TPSA) is 88.1 Å². The minimum absolute atomic E-state index is 0.0436. The van der Waals surface area contributed by atoms with Gasteiger partial charge in [-0.1, -0.05) is 18.6 Å². The fourth-order valence-corrected chi connectivity index (χ4v) is 6.53. The van der Waals surface area contributed by atoms with Crippen LogP contribution in [0.2, 0.25) is 0 Å². The molecule has 7 nitrogen and oxygen atoms in total. The average Bonchev–Trinajstić information content (AvgIpc) is 3.41. The summed E-state index contributed by atoms with van der Waals surface area (Å²) in [6.07, 6.45) is 6.35. The third kappa shape index (κ3) is 5.14. The number of para-hydroxylation sites is 2. The first-order valence-electron chi connectivity index (χ1n) is 10.9. The van der Waals surface area contributed by atoms with Crippen molar-refractivity contribution in [3.05, 3.63) is 30.1 Å². The SMILES string of the molecule is CSCCC(NC(=O)CCCCC1SCC2NC(=O)NC21)c1nc2ccccc2n1C. The van der Waals surface area contributed by atoms with Crippen molar-refractivity contribution in [1.82, 2.24) is 25.5 Å². The fourth-order valence-electron chi connectivity index (χ4n) is 4.52. The third-order valence-corrected chi connectivity index (χ3v) is 8.31. The predicted octanol–water partition coefficient (Wildman–Crippen LogP) is 3.21. The summed E-state index contributed by atoms with van der Waals surface area (Å²) in [7, 11) is 2.02. The second-order valence-corrected chi connectivity index (χ2v) is 10.5. The van der Waals surface area contributed by atoms with E-state index in [-0.39, 0.29) is 30.1 Å². The van der Waals surface area contributed by atoms with Crippen LogP contribution in [0.15, 0.2) is 24.3 Å². The molecule has 0 spiro atoms. The van der Waals surface area contributed by atoms with E-state index in [0.717, 1.165) is 54.0 Å². The van der Waals surface area contributed by atoms with Crippen LogP contribution in [-0.2, 0) is 11.8 Å². The maximum atomic E-state index is 12.7. The van der Waals surface area contributed by atoms with Gasteiger partial charge in [-0.15, -0.1) is 0 Å². The monoisotopic (exact) mass is 461 g/mol. The highest BCUT2D eigenvalue weighted by atomic mass is 32.2. The average molecular weight is 462 g/mol. The van der Waals surface area contributed by atoms with E-state index in [1.165, 1.54) is 0 Å². The number of carbonyl (C=O) groups excluding carboxylic acids is 2. The van der Waals surface area contributed by atoms with Crippen LogP contribution in [0.4, 0.5) is 4.79 Å². The first-order chi connectivity index (χ1) is 15.1. The molecule has 4 unspecified atom stereocenters. The second-order valence-electron chi connectivity index (χ2n) is 8.29. The summed E-state index contributed by atoms with van der Waals surface area (Å²) in [4.78, 5) is 29.0. The molecule has 3 N–H and O–H groups in total. The van der Waals surface area contributed by atoms with Crippen LogP contribution < -0.4 is 16.0 Å². The van der Waals surface area contributed by atoms with Gasteiger partial charge in [0.25, 0.3) is 0 Å². The molecule has 2 fully saturated rings. The van der Waals surface area contributed by atoms with Gasteiger partial charge in [0.1, 0.15) is 5.82 Å². The molecule has 1 aromatic heterocycles. The quantitative estimate of drug-likeness (QED) is 0.374. The number of benzene rings is 1. The van der Waals surface area contributed by atoms with Crippen molar-refractivity contribution in [2.45, 2.75) is 55.5 Å². The molecule has 2 aromatic rings. The molecule has 3 amide bonds. The Morgan fingerprint density at radius 2 is 2.19 bits per heavy atom. The molecule has 9 heteroatoms.